The maximum absolute atomic E-state index is 12.2. The molecule has 9 heteroatoms. The summed E-state index contributed by atoms with van der Waals surface area (Å²) in [5.41, 5.74) is 0.666. The van der Waals surface area contributed by atoms with Crippen LogP contribution in [0.2, 0.25) is 0 Å². The van der Waals surface area contributed by atoms with E-state index in [0.717, 1.165) is 0 Å². The van der Waals surface area contributed by atoms with Crippen LogP contribution in [0.3, 0.4) is 0 Å². The first-order valence-electron chi connectivity index (χ1n) is 9.44. The topological polar surface area (TPSA) is 109 Å². The number of amides is 1. The van der Waals surface area contributed by atoms with E-state index in [0.29, 0.717) is 11.4 Å². The van der Waals surface area contributed by atoms with Crippen LogP contribution in [0.5, 0.6) is 17.2 Å². The number of methoxy groups -OCH3 is 2. The van der Waals surface area contributed by atoms with Gasteiger partial charge in [-0.05, 0) is 44.2 Å². The third-order valence-electron chi connectivity index (χ3n) is 3.83. The van der Waals surface area contributed by atoms with Gasteiger partial charge in [-0.2, -0.15) is 0 Å². The Morgan fingerprint density at radius 1 is 0.903 bits per heavy atom. The molecule has 0 saturated heterocycles. The summed E-state index contributed by atoms with van der Waals surface area (Å²) in [6.45, 7) is 2.60. The zero-order valence-corrected chi connectivity index (χ0v) is 17.8. The van der Waals surface area contributed by atoms with Gasteiger partial charge >= 0.3 is 11.9 Å². The van der Waals surface area contributed by atoms with Crippen LogP contribution in [0.25, 0.3) is 0 Å². The fourth-order valence-corrected chi connectivity index (χ4v) is 2.50. The highest BCUT2D eigenvalue weighted by molar-refractivity contribution is 5.93. The van der Waals surface area contributed by atoms with Crippen molar-refractivity contribution in [2.24, 2.45) is 0 Å². The summed E-state index contributed by atoms with van der Waals surface area (Å²) in [6, 6.07) is 11.3. The van der Waals surface area contributed by atoms with E-state index in [9.17, 15) is 14.4 Å². The summed E-state index contributed by atoms with van der Waals surface area (Å²) in [7, 11) is 2.90. The van der Waals surface area contributed by atoms with Gasteiger partial charge in [0.05, 0.1) is 31.6 Å². The lowest BCUT2D eigenvalue weighted by molar-refractivity contribution is -0.151. The largest absolute Gasteiger partial charge is 0.495 e. The van der Waals surface area contributed by atoms with Gasteiger partial charge in [0.25, 0.3) is 5.91 Å². The van der Waals surface area contributed by atoms with Crippen LogP contribution >= 0.6 is 0 Å². The monoisotopic (exact) mass is 431 g/mol. The Balaban J connectivity index is 1.96. The molecule has 0 heterocycles. The molecule has 166 valence electrons. The van der Waals surface area contributed by atoms with E-state index in [2.05, 4.69) is 5.32 Å². The van der Waals surface area contributed by atoms with Crippen LogP contribution in [-0.2, 0) is 19.1 Å². The van der Waals surface area contributed by atoms with Gasteiger partial charge < -0.3 is 29.0 Å². The van der Waals surface area contributed by atoms with Gasteiger partial charge in [0.1, 0.15) is 5.75 Å². The van der Waals surface area contributed by atoms with Crippen LogP contribution in [-0.4, -0.2) is 51.4 Å². The number of rotatable bonds is 10. The van der Waals surface area contributed by atoms with Gasteiger partial charge in [0.15, 0.2) is 24.7 Å². The number of carbonyl (C=O) groups excluding carboxylic acids is 3. The molecule has 0 saturated carbocycles. The molecule has 0 spiro atoms. The minimum atomic E-state index is -0.723. The summed E-state index contributed by atoms with van der Waals surface area (Å²) in [5.74, 6) is -0.763. The van der Waals surface area contributed by atoms with Crippen molar-refractivity contribution in [3.05, 3.63) is 48.0 Å². The number of ether oxygens (including phenoxy) is 5. The Hall–Kier alpha value is -3.75. The standard InChI is InChI=1S/C22H25NO8/c1-14(2)31-21(25)13-30-22(26)15-9-10-18(19(11-15)28-4)29-12-20(24)23-16-7-5-6-8-17(16)27-3/h5-11,14H,12-13H2,1-4H3,(H,23,24). The smallest absolute Gasteiger partial charge is 0.344 e. The van der Waals surface area contributed by atoms with Crippen molar-refractivity contribution in [2.45, 2.75) is 20.0 Å². The second kappa shape index (κ2) is 11.4. The van der Waals surface area contributed by atoms with Crippen molar-refractivity contribution in [2.75, 3.05) is 32.8 Å². The molecule has 0 unspecified atom stereocenters. The number of para-hydroxylation sites is 2. The summed E-state index contributed by atoms with van der Waals surface area (Å²) in [4.78, 5) is 35.8. The molecular formula is C22H25NO8. The number of nitrogens with one attached hydrogen (secondary N) is 1. The molecule has 0 aliphatic heterocycles. The normalized spacial score (nSPS) is 10.2. The molecule has 2 aromatic carbocycles. The molecule has 2 aromatic rings. The molecule has 9 nitrogen and oxygen atoms in total. The van der Waals surface area contributed by atoms with Gasteiger partial charge in [-0.25, -0.2) is 9.59 Å². The van der Waals surface area contributed by atoms with Crippen LogP contribution in [0.4, 0.5) is 5.69 Å². The van der Waals surface area contributed by atoms with E-state index in [1.54, 1.807) is 38.1 Å². The highest BCUT2D eigenvalue weighted by atomic mass is 16.6. The summed E-state index contributed by atoms with van der Waals surface area (Å²) in [5, 5.41) is 2.69. The maximum Gasteiger partial charge on any atom is 0.344 e. The summed E-state index contributed by atoms with van der Waals surface area (Å²) < 4.78 is 25.8. The fraction of sp³-hybridized carbons (Fsp3) is 0.318. The Morgan fingerprint density at radius 3 is 2.29 bits per heavy atom. The first-order valence-corrected chi connectivity index (χ1v) is 9.44. The molecule has 0 aliphatic carbocycles. The molecule has 0 aromatic heterocycles. The Kier molecular flexibility index (Phi) is 8.68. The van der Waals surface area contributed by atoms with E-state index < -0.39 is 24.5 Å². The highest BCUT2D eigenvalue weighted by Crippen LogP contribution is 2.29. The van der Waals surface area contributed by atoms with E-state index >= 15 is 0 Å². The lowest BCUT2D eigenvalue weighted by Crippen LogP contribution is -2.21. The van der Waals surface area contributed by atoms with Crippen LogP contribution in [0.1, 0.15) is 24.2 Å². The van der Waals surface area contributed by atoms with Crippen LogP contribution < -0.4 is 19.5 Å². The first-order chi connectivity index (χ1) is 14.8. The Labute approximate surface area is 180 Å². The molecule has 0 radical (unpaired) electrons. The predicted octanol–water partition coefficient (Wildman–Crippen LogP) is 2.83. The van der Waals surface area contributed by atoms with Crippen LogP contribution in [0.15, 0.2) is 42.5 Å². The first kappa shape index (κ1) is 23.5. The van der Waals surface area contributed by atoms with E-state index in [1.807, 2.05) is 0 Å². The third kappa shape index (κ3) is 7.22. The Morgan fingerprint density at radius 2 is 1.61 bits per heavy atom. The second-order valence-electron chi connectivity index (χ2n) is 6.52. The van der Waals surface area contributed by atoms with E-state index in [4.69, 9.17) is 23.7 Å². The zero-order valence-electron chi connectivity index (χ0n) is 17.8. The van der Waals surface area contributed by atoms with Crippen molar-refractivity contribution in [3.63, 3.8) is 0 Å². The van der Waals surface area contributed by atoms with Gasteiger partial charge in [-0.1, -0.05) is 12.1 Å². The lowest BCUT2D eigenvalue weighted by Gasteiger charge is -2.13. The quantitative estimate of drug-likeness (QED) is 0.572. The number of carbonyl (C=O) groups is 3. The molecule has 0 fully saturated rings. The summed E-state index contributed by atoms with van der Waals surface area (Å²) >= 11 is 0. The average Bonchev–Trinajstić information content (AvgIpc) is 2.75. The number of benzene rings is 2. The number of hydrogen-bond acceptors (Lipinski definition) is 8. The van der Waals surface area contributed by atoms with Crippen molar-refractivity contribution in [1.29, 1.82) is 0 Å². The van der Waals surface area contributed by atoms with Crippen LogP contribution in [0, 0.1) is 0 Å². The van der Waals surface area contributed by atoms with Crippen molar-refractivity contribution in [3.8, 4) is 17.2 Å². The minimum absolute atomic E-state index is 0.153. The van der Waals surface area contributed by atoms with E-state index in [-0.39, 0.29) is 29.8 Å². The third-order valence-corrected chi connectivity index (χ3v) is 3.83. The molecule has 2 rings (SSSR count). The van der Waals surface area contributed by atoms with E-state index in [1.165, 1.54) is 32.4 Å². The number of esters is 2. The average molecular weight is 431 g/mol. The highest BCUT2D eigenvalue weighted by Gasteiger charge is 2.16. The molecule has 1 amide bonds. The molecular weight excluding hydrogens is 406 g/mol. The minimum Gasteiger partial charge on any atom is -0.495 e. The van der Waals surface area contributed by atoms with Gasteiger partial charge in [-0.15, -0.1) is 0 Å². The Bertz CT molecular complexity index is 925. The van der Waals surface area contributed by atoms with Gasteiger partial charge in [-0.3, -0.25) is 4.79 Å². The molecule has 0 atom stereocenters. The van der Waals surface area contributed by atoms with Gasteiger partial charge in [0.2, 0.25) is 0 Å². The fourth-order valence-electron chi connectivity index (χ4n) is 2.50. The predicted molar refractivity (Wildman–Crippen MR) is 112 cm³/mol. The lowest BCUT2D eigenvalue weighted by atomic mass is 10.2. The SMILES string of the molecule is COc1ccccc1NC(=O)COc1ccc(C(=O)OCC(=O)OC(C)C)cc1OC. The molecule has 0 aliphatic rings. The van der Waals surface area contributed by atoms with Crippen molar-refractivity contribution < 1.29 is 38.1 Å². The number of hydrogen-bond donors (Lipinski definition) is 1. The maximum atomic E-state index is 12.2. The zero-order chi connectivity index (χ0) is 22.8. The molecule has 0 bridgehead atoms. The van der Waals surface area contributed by atoms with Crippen molar-refractivity contribution >= 4 is 23.5 Å². The van der Waals surface area contributed by atoms with Crippen molar-refractivity contribution in [1.82, 2.24) is 0 Å². The number of anilines is 1. The van der Waals surface area contributed by atoms with Gasteiger partial charge in [0, 0.05) is 0 Å². The molecule has 1 N–H and O–H groups in total. The second-order valence-corrected chi connectivity index (χ2v) is 6.52. The summed E-state index contributed by atoms with van der Waals surface area (Å²) in [6.07, 6.45) is -0.303. The molecule has 31 heavy (non-hydrogen) atoms.